The second kappa shape index (κ2) is 3.82. The molecule has 0 aliphatic heterocycles. The quantitative estimate of drug-likeness (QED) is 0.800. The minimum absolute atomic E-state index is 0.0394. The summed E-state index contributed by atoms with van der Waals surface area (Å²) in [6.07, 6.45) is 5.28. The average molecular weight is 194 g/mol. The van der Waals surface area contributed by atoms with Crippen LogP contribution in [0.2, 0.25) is 0 Å². The highest BCUT2D eigenvalue weighted by Crippen LogP contribution is 2.43. The lowest BCUT2D eigenvalue weighted by Crippen LogP contribution is -2.10. The van der Waals surface area contributed by atoms with Gasteiger partial charge in [0.1, 0.15) is 5.69 Å². The third-order valence-corrected chi connectivity index (χ3v) is 2.30. The van der Waals surface area contributed by atoms with Gasteiger partial charge in [0.2, 0.25) is 5.91 Å². The molecule has 1 aromatic heterocycles. The van der Waals surface area contributed by atoms with Gasteiger partial charge in [-0.3, -0.25) is 4.79 Å². The van der Waals surface area contributed by atoms with Crippen molar-refractivity contribution in [1.82, 2.24) is 5.16 Å². The number of nitrogens with zero attached hydrogens (tertiary/aromatic N) is 1. The Morgan fingerprint density at radius 1 is 1.71 bits per heavy atom. The van der Waals surface area contributed by atoms with Gasteiger partial charge in [-0.05, 0) is 19.3 Å². The van der Waals surface area contributed by atoms with Crippen LogP contribution in [0.25, 0.3) is 0 Å². The summed E-state index contributed by atoms with van der Waals surface area (Å²) in [6, 6.07) is 0. The van der Waals surface area contributed by atoms with Gasteiger partial charge in [0.15, 0.2) is 5.76 Å². The van der Waals surface area contributed by atoms with Gasteiger partial charge < -0.3 is 9.84 Å². The van der Waals surface area contributed by atoms with Gasteiger partial charge in [0, 0.05) is 12.3 Å². The Balaban J connectivity index is 2.01. The van der Waals surface area contributed by atoms with E-state index in [4.69, 9.17) is 4.52 Å². The summed E-state index contributed by atoms with van der Waals surface area (Å²) in [4.78, 5) is 11.3. The Morgan fingerprint density at radius 2 is 2.50 bits per heavy atom. The summed E-state index contributed by atoms with van der Waals surface area (Å²) >= 11 is 0. The fourth-order valence-corrected chi connectivity index (χ4v) is 1.42. The third-order valence-electron chi connectivity index (χ3n) is 2.30. The highest BCUT2D eigenvalue weighted by molar-refractivity contribution is 5.91. The van der Waals surface area contributed by atoms with Gasteiger partial charge in [-0.15, -0.1) is 0 Å². The lowest BCUT2D eigenvalue weighted by molar-refractivity contribution is -0.116. The van der Waals surface area contributed by atoms with Crippen LogP contribution in [0.5, 0.6) is 0 Å². The molecule has 1 aliphatic rings. The van der Waals surface area contributed by atoms with Crippen LogP contribution in [-0.4, -0.2) is 11.1 Å². The molecule has 2 rings (SSSR count). The summed E-state index contributed by atoms with van der Waals surface area (Å²) in [6.45, 7) is 1.98. The Labute approximate surface area is 82.7 Å². The van der Waals surface area contributed by atoms with E-state index >= 15 is 0 Å². The van der Waals surface area contributed by atoms with E-state index in [1.807, 2.05) is 6.92 Å². The highest BCUT2D eigenvalue weighted by Gasteiger charge is 2.30. The number of anilines is 1. The summed E-state index contributed by atoms with van der Waals surface area (Å²) in [7, 11) is 0. The molecule has 0 saturated heterocycles. The fraction of sp³-hybridized carbons (Fsp3) is 0.600. The van der Waals surface area contributed by atoms with Crippen molar-refractivity contribution in [3.8, 4) is 0 Å². The number of carbonyl (C=O) groups is 1. The van der Waals surface area contributed by atoms with Gasteiger partial charge in [-0.1, -0.05) is 12.1 Å². The summed E-state index contributed by atoms with van der Waals surface area (Å²) < 4.78 is 5.10. The third kappa shape index (κ3) is 1.95. The van der Waals surface area contributed by atoms with E-state index in [9.17, 15) is 4.79 Å². The topological polar surface area (TPSA) is 55.1 Å². The van der Waals surface area contributed by atoms with E-state index in [2.05, 4.69) is 10.5 Å². The van der Waals surface area contributed by atoms with Crippen LogP contribution in [0.4, 0.5) is 5.69 Å². The van der Waals surface area contributed by atoms with E-state index in [1.165, 1.54) is 0 Å². The molecule has 1 N–H and O–H groups in total. The first-order valence-corrected chi connectivity index (χ1v) is 5.05. The van der Waals surface area contributed by atoms with Gasteiger partial charge >= 0.3 is 0 Å². The smallest absolute Gasteiger partial charge is 0.224 e. The SMILES string of the molecule is CCCC(=O)Nc1cnoc1C1CC1. The van der Waals surface area contributed by atoms with Crippen molar-refractivity contribution < 1.29 is 9.32 Å². The largest absolute Gasteiger partial charge is 0.359 e. The minimum atomic E-state index is 0.0394. The minimum Gasteiger partial charge on any atom is -0.359 e. The van der Waals surface area contributed by atoms with Crippen molar-refractivity contribution in [1.29, 1.82) is 0 Å². The molecule has 4 nitrogen and oxygen atoms in total. The van der Waals surface area contributed by atoms with Crippen molar-refractivity contribution >= 4 is 11.6 Å². The lowest BCUT2D eigenvalue weighted by atomic mass is 10.2. The second-order valence-corrected chi connectivity index (χ2v) is 3.68. The van der Waals surface area contributed by atoms with Crippen molar-refractivity contribution in [2.24, 2.45) is 0 Å². The molecule has 0 bridgehead atoms. The van der Waals surface area contributed by atoms with E-state index < -0.39 is 0 Å². The first-order valence-electron chi connectivity index (χ1n) is 5.05. The zero-order valence-electron chi connectivity index (χ0n) is 8.25. The summed E-state index contributed by atoms with van der Waals surface area (Å²) in [5.74, 6) is 1.36. The molecule has 0 atom stereocenters. The number of hydrogen-bond acceptors (Lipinski definition) is 3. The standard InChI is InChI=1S/C10H14N2O2/c1-2-3-9(13)12-8-6-11-14-10(8)7-4-5-7/h6-7H,2-5H2,1H3,(H,12,13). The number of hydrogen-bond donors (Lipinski definition) is 1. The predicted molar refractivity (Wildman–Crippen MR) is 52.0 cm³/mol. The summed E-state index contributed by atoms with van der Waals surface area (Å²) in [5, 5.41) is 6.52. The van der Waals surface area contributed by atoms with E-state index in [-0.39, 0.29) is 5.91 Å². The van der Waals surface area contributed by atoms with Gasteiger partial charge in [0.25, 0.3) is 0 Å². The molecule has 1 aromatic rings. The molecule has 0 spiro atoms. The molecule has 1 amide bonds. The Kier molecular flexibility index (Phi) is 2.52. The zero-order chi connectivity index (χ0) is 9.97. The molecule has 1 saturated carbocycles. The van der Waals surface area contributed by atoms with Gasteiger partial charge in [-0.25, -0.2) is 0 Å². The van der Waals surface area contributed by atoms with E-state index in [1.54, 1.807) is 6.20 Å². The van der Waals surface area contributed by atoms with Crippen LogP contribution < -0.4 is 5.32 Å². The zero-order valence-corrected chi connectivity index (χ0v) is 8.25. The number of aromatic nitrogens is 1. The van der Waals surface area contributed by atoms with Crippen molar-refractivity contribution in [3.05, 3.63) is 12.0 Å². The molecule has 0 unspecified atom stereocenters. The fourth-order valence-electron chi connectivity index (χ4n) is 1.42. The van der Waals surface area contributed by atoms with Gasteiger partial charge in [-0.2, -0.15) is 0 Å². The molecular weight excluding hydrogens is 180 g/mol. The Morgan fingerprint density at radius 3 is 3.14 bits per heavy atom. The van der Waals surface area contributed by atoms with Gasteiger partial charge in [0.05, 0.1) is 6.20 Å². The number of rotatable bonds is 4. The van der Waals surface area contributed by atoms with Crippen molar-refractivity contribution in [2.75, 3.05) is 5.32 Å². The van der Waals surface area contributed by atoms with Crippen LogP contribution in [0.3, 0.4) is 0 Å². The van der Waals surface area contributed by atoms with Crippen LogP contribution >= 0.6 is 0 Å². The maximum absolute atomic E-state index is 11.3. The first kappa shape index (κ1) is 9.24. The molecule has 1 aliphatic carbocycles. The maximum Gasteiger partial charge on any atom is 0.224 e. The van der Waals surface area contributed by atoms with Crippen LogP contribution in [0.1, 0.15) is 44.3 Å². The molecule has 1 fully saturated rings. The van der Waals surface area contributed by atoms with Crippen LogP contribution in [0.15, 0.2) is 10.7 Å². The number of amides is 1. The normalized spacial score (nSPS) is 15.5. The summed E-state index contributed by atoms with van der Waals surface area (Å²) in [5.41, 5.74) is 0.756. The predicted octanol–water partition coefficient (Wildman–Crippen LogP) is 2.29. The molecule has 0 radical (unpaired) electrons. The van der Waals surface area contributed by atoms with Crippen LogP contribution in [0, 0.1) is 0 Å². The second-order valence-electron chi connectivity index (χ2n) is 3.68. The number of carbonyl (C=O) groups excluding carboxylic acids is 1. The van der Waals surface area contributed by atoms with Crippen molar-refractivity contribution in [2.45, 2.75) is 38.5 Å². The monoisotopic (exact) mass is 194 g/mol. The molecule has 0 aromatic carbocycles. The van der Waals surface area contributed by atoms with E-state index in [0.29, 0.717) is 12.3 Å². The molecular formula is C10H14N2O2. The van der Waals surface area contributed by atoms with Crippen molar-refractivity contribution in [3.63, 3.8) is 0 Å². The molecule has 1 heterocycles. The molecule has 4 heteroatoms. The Hall–Kier alpha value is -1.32. The number of nitrogens with one attached hydrogen (secondary N) is 1. The van der Waals surface area contributed by atoms with E-state index in [0.717, 1.165) is 30.7 Å². The molecule has 14 heavy (non-hydrogen) atoms. The molecule has 76 valence electrons. The Bertz CT molecular complexity index is 329. The lowest BCUT2D eigenvalue weighted by Gasteiger charge is -2.01. The average Bonchev–Trinajstić information content (AvgIpc) is 2.89. The highest BCUT2D eigenvalue weighted by atomic mass is 16.5. The van der Waals surface area contributed by atoms with Crippen LogP contribution in [-0.2, 0) is 4.79 Å². The first-order chi connectivity index (χ1) is 6.81. The maximum atomic E-state index is 11.3.